The van der Waals surface area contributed by atoms with Crippen LogP contribution in [-0.4, -0.2) is 88.0 Å². The first-order chi connectivity index (χ1) is 26.0. The van der Waals surface area contributed by atoms with Crippen molar-refractivity contribution in [3.8, 4) is 22.8 Å². The second-order valence-corrected chi connectivity index (χ2v) is 18.3. The third kappa shape index (κ3) is 8.50. The molecule has 2 saturated carbocycles. The Kier molecular flexibility index (Phi) is 11.3. The summed E-state index contributed by atoms with van der Waals surface area (Å²) in [4.78, 5) is 71.3. The summed E-state index contributed by atoms with van der Waals surface area (Å²) < 4.78 is 31.4. The van der Waals surface area contributed by atoms with Crippen LogP contribution in [0.1, 0.15) is 59.3 Å². The van der Waals surface area contributed by atoms with Gasteiger partial charge in [-0.05, 0) is 49.7 Å². The third-order valence-corrected chi connectivity index (χ3v) is 13.4. The number of hydrogen-bond donors (Lipinski definition) is 4. The Morgan fingerprint density at radius 3 is 2.44 bits per heavy atom. The first kappa shape index (κ1) is 39.7. The molecule has 0 bridgehead atoms. The maximum atomic E-state index is 14.7. The fraction of sp³-hybridized carbons (Fsp3) is 0.475. The van der Waals surface area contributed by atoms with Crippen molar-refractivity contribution in [2.45, 2.75) is 88.9 Å². The molecule has 6 atom stereocenters. The molecule has 0 spiro atoms. The number of aromatic nitrogens is 1. The normalized spacial score (nSPS) is 24.0. The van der Waals surface area contributed by atoms with Crippen molar-refractivity contribution >= 4 is 42.1 Å². The van der Waals surface area contributed by atoms with Crippen LogP contribution in [0.2, 0.25) is 0 Å². The van der Waals surface area contributed by atoms with Crippen molar-refractivity contribution in [1.29, 1.82) is 0 Å². The van der Waals surface area contributed by atoms with Crippen molar-refractivity contribution in [2.24, 2.45) is 17.1 Å². The summed E-state index contributed by atoms with van der Waals surface area (Å²) in [7, 11) is -2.81. The lowest BCUT2D eigenvalue weighted by Gasteiger charge is -2.35. The molecule has 1 aromatic heterocycles. The third-order valence-electron chi connectivity index (χ3n) is 10.7. The van der Waals surface area contributed by atoms with E-state index in [1.165, 1.54) is 11.0 Å². The van der Waals surface area contributed by atoms with Crippen LogP contribution >= 0.6 is 7.37 Å². The summed E-state index contributed by atoms with van der Waals surface area (Å²) in [6, 6.07) is 14.5. The molecule has 2 heterocycles. The topological polar surface area (TPSA) is 199 Å². The summed E-state index contributed by atoms with van der Waals surface area (Å²) in [5, 5.41) is 4.52. The number of alkyl carbamates (subject to hydrolysis) is 1. The molecular formula is C40H50N5O9P. The minimum absolute atomic E-state index is 0.00197. The van der Waals surface area contributed by atoms with E-state index in [-0.39, 0.29) is 25.5 Å². The fourth-order valence-electron chi connectivity index (χ4n) is 7.67. The minimum Gasteiger partial charge on any atom is -0.497 e. The van der Waals surface area contributed by atoms with E-state index in [0.29, 0.717) is 28.1 Å². The molecule has 3 aliphatic rings. The molecule has 294 valence electrons. The summed E-state index contributed by atoms with van der Waals surface area (Å²) in [6.07, 6.45) is 2.38. The molecule has 3 aromatic rings. The Bertz CT molecular complexity index is 2010. The van der Waals surface area contributed by atoms with Crippen LogP contribution in [0.4, 0.5) is 4.79 Å². The number of primary amides is 1. The zero-order chi connectivity index (χ0) is 39.7. The van der Waals surface area contributed by atoms with Gasteiger partial charge in [0.15, 0.2) is 0 Å². The van der Waals surface area contributed by atoms with Gasteiger partial charge in [-0.1, -0.05) is 57.2 Å². The van der Waals surface area contributed by atoms with Gasteiger partial charge in [-0.3, -0.25) is 18.9 Å². The van der Waals surface area contributed by atoms with Gasteiger partial charge in [0, 0.05) is 35.4 Å². The average Bonchev–Trinajstić information content (AvgIpc) is 3.40. The van der Waals surface area contributed by atoms with Crippen LogP contribution in [0.15, 0.2) is 67.3 Å². The molecule has 2 aliphatic carbocycles. The van der Waals surface area contributed by atoms with E-state index >= 15 is 0 Å². The van der Waals surface area contributed by atoms with E-state index < -0.39 is 72.1 Å². The monoisotopic (exact) mass is 775 g/mol. The predicted molar refractivity (Wildman–Crippen MR) is 206 cm³/mol. The van der Waals surface area contributed by atoms with Crippen LogP contribution in [0.3, 0.4) is 0 Å². The van der Waals surface area contributed by atoms with Gasteiger partial charge in [0.05, 0.1) is 24.9 Å². The fourth-order valence-corrected chi connectivity index (χ4v) is 9.77. The van der Waals surface area contributed by atoms with Gasteiger partial charge in [0.25, 0.3) is 0 Å². The smallest absolute Gasteiger partial charge is 0.408 e. The number of nitrogens with two attached hydrogens (primary N) is 1. The number of methoxy groups -OCH3 is 1. The number of nitrogens with zero attached hydrogens (tertiary/aromatic N) is 2. The molecule has 6 rings (SSSR count). The average molecular weight is 776 g/mol. The van der Waals surface area contributed by atoms with Crippen molar-refractivity contribution in [2.75, 3.05) is 19.8 Å². The van der Waals surface area contributed by atoms with Gasteiger partial charge in [0.1, 0.15) is 47.2 Å². The van der Waals surface area contributed by atoms with Crippen LogP contribution < -0.4 is 25.8 Å². The number of amides is 4. The van der Waals surface area contributed by atoms with Gasteiger partial charge in [0.2, 0.25) is 25.1 Å². The van der Waals surface area contributed by atoms with Crippen LogP contribution in [0.5, 0.6) is 11.5 Å². The van der Waals surface area contributed by atoms with E-state index in [9.17, 15) is 28.6 Å². The quantitative estimate of drug-likeness (QED) is 0.134. The highest BCUT2D eigenvalue weighted by Crippen LogP contribution is 2.69. The Morgan fingerprint density at radius 1 is 1.11 bits per heavy atom. The standard InChI is InChI=1S/C40H50N5O9P/c1-6-25-21-40(25,55(50,51)23-34(41)46)44-36(47)32-19-28(22-45(32)37(48)35(39(2,3)4)43-38(49)54-26-14-10-11-15-26)53-33-20-30(24-12-8-7-9-13-24)42-31-18-27(52-5)16-17-29(31)33/h6-9,12-13,16-18,20,25-26,28,32,35H,1,10-11,14-15,19,21-23H2,2-5H3,(H2,41,46)(H,43,49)(H,44,47)(H,50,51)/t25-,28-,32+,35-,40+/m1/s1. The molecule has 3 fully saturated rings. The van der Waals surface area contributed by atoms with Gasteiger partial charge >= 0.3 is 6.09 Å². The van der Waals surface area contributed by atoms with Crippen molar-refractivity contribution in [3.63, 3.8) is 0 Å². The van der Waals surface area contributed by atoms with E-state index in [2.05, 4.69) is 17.2 Å². The van der Waals surface area contributed by atoms with Crippen molar-refractivity contribution in [1.82, 2.24) is 20.5 Å². The predicted octanol–water partition coefficient (Wildman–Crippen LogP) is 5.12. The molecule has 1 unspecified atom stereocenters. The van der Waals surface area contributed by atoms with Gasteiger partial charge in [-0.2, -0.15) is 0 Å². The summed E-state index contributed by atoms with van der Waals surface area (Å²) in [5.74, 6) is -1.79. The number of nitrogens with one attached hydrogen (secondary N) is 2. The number of carbonyl (C=O) groups excluding carboxylic acids is 4. The molecule has 0 radical (unpaired) electrons. The first-order valence-corrected chi connectivity index (χ1v) is 20.4. The molecule has 4 amide bonds. The van der Waals surface area contributed by atoms with E-state index in [1.54, 1.807) is 40.0 Å². The maximum absolute atomic E-state index is 14.7. The van der Waals surface area contributed by atoms with Gasteiger partial charge < -0.3 is 40.4 Å². The van der Waals surface area contributed by atoms with E-state index in [4.69, 9.17) is 24.9 Å². The molecule has 55 heavy (non-hydrogen) atoms. The van der Waals surface area contributed by atoms with Crippen LogP contribution in [-0.2, 0) is 23.7 Å². The number of pyridine rings is 1. The highest BCUT2D eigenvalue weighted by Gasteiger charge is 2.66. The summed E-state index contributed by atoms with van der Waals surface area (Å²) in [6.45, 7) is 9.09. The van der Waals surface area contributed by atoms with E-state index in [0.717, 1.165) is 31.2 Å². The Morgan fingerprint density at radius 2 is 1.82 bits per heavy atom. The minimum atomic E-state index is -4.37. The number of likely N-dealkylation sites (tertiary alicyclic amines) is 1. The number of fused-ring (bicyclic) bond motifs is 1. The highest BCUT2D eigenvalue weighted by atomic mass is 31.2. The molecular weight excluding hydrogens is 725 g/mol. The zero-order valence-corrected chi connectivity index (χ0v) is 32.6. The molecule has 2 aromatic carbocycles. The lowest BCUT2D eigenvalue weighted by molar-refractivity contribution is -0.142. The molecule has 5 N–H and O–H groups in total. The van der Waals surface area contributed by atoms with E-state index in [1.807, 2.05) is 42.5 Å². The molecule has 1 saturated heterocycles. The van der Waals surface area contributed by atoms with Crippen LogP contribution in [0, 0.1) is 11.3 Å². The van der Waals surface area contributed by atoms with Crippen molar-refractivity contribution < 1.29 is 42.8 Å². The summed E-state index contributed by atoms with van der Waals surface area (Å²) >= 11 is 0. The molecule has 1 aliphatic heterocycles. The Labute approximate surface area is 320 Å². The molecule has 14 nitrogen and oxygen atoms in total. The van der Waals surface area contributed by atoms with Crippen molar-refractivity contribution in [3.05, 3.63) is 67.3 Å². The number of hydrogen-bond acceptors (Lipinski definition) is 9. The molecule has 15 heteroatoms. The Hall–Kier alpha value is -4.94. The largest absolute Gasteiger partial charge is 0.497 e. The Balaban J connectivity index is 1.35. The van der Waals surface area contributed by atoms with Crippen LogP contribution in [0.25, 0.3) is 22.2 Å². The highest BCUT2D eigenvalue weighted by molar-refractivity contribution is 7.61. The zero-order valence-electron chi connectivity index (χ0n) is 31.7. The SMILES string of the molecule is C=C[C@@H]1C[C@]1(NC(=O)[C@@H]1C[C@@H](Oc2cc(-c3ccccc3)nc3cc(OC)ccc23)CN1C(=O)[C@@H](NC(=O)OC1CCCC1)C(C)(C)C)P(=O)(O)CC(N)=O. The van der Waals surface area contributed by atoms with Gasteiger partial charge in [-0.25, -0.2) is 9.78 Å². The second kappa shape index (κ2) is 15.7. The van der Waals surface area contributed by atoms with Gasteiger partial charge in [-0.15, -0.1) is 6.58 Å². The number of benzene rings is 2. The second-order valence-electron chi connectivity index (χ2n) is 15.8. The number of carbonyl (C=O) groups is 4. The lowest BCUT2D eigenvalue weighted by Crippen LogP contribution is -2.58. The number of rotatable bonds is 13. The summed E-state index contributed by atoms with van der Waals surface area (Å²) in [5.41, 5.74) is 6.60. The maximum Gasteiger partial charge on any atom is 0.408 e. The lowest BCUT2D eigenvalue weighted by atomic mass is 9.85. The number of ether oxygens (including phenoxy) is 3. The first-order valence-electron chi connectivity index (χ1n) is 18.6.